The number of rotatable bonds is 5. The SMILES string of the molecule is NC(=O)COC(=O)NCCc1ccc(Cl)cc1. The van der Waals surface area contributed by atoms with Gasteiger partial charge in [-0.05, 0) is 24.1 Å². The van der Waals surface area contributed by atoms with Gasteiger partial charge in [0, 0.05) is 11.6 Å². The molecule has 17 heavy (non-hydrogen) atoms. The van der Waals surface area contributed by atoms with E-state index in [1.165, 1.54) is 0 Å². The van der Waals surface area contributed by atoms with Crippen molar-refractivity contribution in [2.75, 3.05) is 13.2 Å². The lowest BCUT2D eigenvalue weighted by atomic mass is 10.1. The summed E-state index contributed by atoms with van der Waals surface area (Å²) in [6.07, 6.45) is 0.000747. The number of alkyl carbamates (subject to hydrolysis) is 1. The molecule has 1 aromatic carbocycles. The Morgan fingerprint density at radius 1 is 1.29 bits per heavy atom. The van der Waals surface area contributed by atoms with Crippen LogP contribution in [-0.2, 0) is 16.0 Å². The summed E-state index contributed by atoms with van der Waals surface area (Å²) in [7, 11) is 0. The molecule has 0 fully saturated rings. The summed E-state index contributed by atoms with van der Waals surface area (Å²) in [5.41, 5.74) is 5.86. The Bertz CT molecular complexity index is 392. The third kappa shape index (κ3) is 5.77. The Hall–Kier alpha value is -1.75. The maximum atomic E-state index is 11.0. The molecule has 6 heteroatoms. The molecule has 5 nitrogen and oxygen atoms in total. The summed E-state index contributed by atoms with van der Waals surface area (Å²) in [6, 6.07) is 7.31. The Kier molecular flexibility index (Phi) is 5.29. The second-order valence-electron chi connectivity index (χ2n) is 3.35. The number of carbonyl (C=O) groups is 2. The minimum absolute atomic E-state index is 0.410. The third-order valence-corrected chi connectivity index (χ3v) is 2.19. The molecule has 0 aliphatic heterocycles. The number of carbonyl (C=O) groups excluding carboxylic acids is 2. The van der Waals surface area contributed by atoms with Crippen LogP contribution in [0.2, 0.25) is 5.02 Å². The van der Waals surface area contributed by atoms with Gasteiger partial charge in [-0.3, -0.25) is 4.79 Å². The van der Waals surface area contributed by atoms with E-state index in [4.69, 9.17) is 17.3 Å². The summed E-state index contributed by atoms with van der Waals surface area (Å²) in [6.45, 7) is 0.00596. The van der Waals surface area contributed by atoms with Gasteiger partial charge < -0.3 is 15.8 Å². The van der Waals surface area contributed by atoms with Crippen LogP contribution in [0.25, 0.3) is 0 Å². The Balaban J connectivity index is 2.21. The molecule has 0 saturated carbocycles. The van der Waals surface area contributed by atoms with Crippen molar-refractivity contribution in [1.82, 2.24) is 5.32 Å². The van der Waals surface area contributed by atoms with Crippen molar-refractivity contribution in [1.29, 1.82) is 0 Å². The second-order valence-corrected chi connectivity index (χ2v) is 3.78. The number of hydrogen-bond donors (Lipinski definition) is 2. The zero-order valence-electron chi connectivity index (χ0n) is 9.11. The number of amides is 2. The van der Waals surface area contributed by atoms with Gasteiger partial charge in [0.05, 0.1) is 0 Å². The van der Waals surface area contributed by atoms with Crippen LogP contribution < -0.4 is 11.1 Å². The first-order valence-electron chi connectivity index (χ1n) is 5.01. The highest BCUT2D eigenvalue weighted by atomic mass is 35.5. The van der Waals surface area contributed by atoms with Crippen LogP contribution in [0.3, 0.4) is 0 Å². The molecule has 3 N–H and O–H groups in total. The Morgan fingerprint density at radius 2 is 1.94 bits per heavy atom. The Morgan fingerprint density at radius 3 is 2.53 bits per heavy atom. The standard InChI is InChI=1S/C11H13ClN2O3/c12-9-3-1-8(2-4-9)5-6-14-11(16)17-7-10(13)15/h1-4H,5-7H2,(H2,13,15)(H,14,16). The fourth-order valence-electron chi connectivity index (χ4n) is 1.15. The molecular formula is C11H13ClN2O3. The molecule has 0 atom stereocenters. The summed E-state index contributed by atoms with van der Waals surface area (Å²) in [5, 5.41) is 3.17. The normalized spacial score (nSPS) is 9.71. The van der Waals surface area contributed by atoms with Crippen LogP contribution in [0.4, 0.5) is 4.79 Å². The van der Waals surface area contributed by atoms with E-state index >= 15 is 0 Å². The zero-order chi connectivity index (χ0) is 12.7. The molecule has 2 amide bonds. The lowest BCUT2D eigenvalue weighted by Gasteiger charge is -2.05. The van der Waals surface area contributed by atoms with Crippen molar-refractivity contribution in [3.63, 3.8) is 0 Å². The summed E-state index contributed by atoms with van der Waals surface area (Å²) in [4.78, 5) is 21.4. The molecule has 1 aromatic rings. The number of ether oxygens (including phenoxy) is 1. The van der Waals surface area contributed by atoms with Crippen molar-refractivity contribution in [2.45, 2.75) is 6.42 Å². The van der Waals surface area contributed by atoms with E-state index in [-0.39, 0.29) is 0 Å². The molecule has 0 saturated heterocycles. The van der Waals surface area contributed by atoms with Gasteiger partial charge in [-0.2, -0.15) is 0 Å². The highest BCUT2D eigenvalue weighted by Crippen LogP contribution is 2.09. The molecule has 0 aliphatic rings. The maximum absolute atomic E-state index is 11.0. The van der Waals surface area contributed by atoms with Crippen molar-refractivity contribution in [2.24, 2.45) is 5.73 Å². The molecule has 1 rings (SSSR count). The molecule has 0 aliphatic carbocycles. The largest absolute Gasteiger partial charge is 0.439 e. The van der Waals surface area contributed by atoms with Gasteiger partial charge in [-0.15, -0.1) is 0 Å². The van der Waals surface area contributed by atoms with Crippen molar-refractivity contribution in [3.8, 4) is 0 Å². The Labute approximate surface area is 104 Å². The van der Waals surface area contributed by atoms with Gasteiger partial charge in [-0.1, -0.05) is 23.7 Å². The first-order valence-corrected chi connectivity index (χ1v) is 5.39. The maximum Gasteiger partial charge on any atom is 0.407 e. The fourth-order valence-corrected chi connectivity index (χ4v) is 1.27. The van der Waals surface area contributed by atoms with E-state index in [2.05, 4.69) is 10.1 Å². The molecular weight excluding hydrogens is 244 g/mol. The molecule has 0 aromatic heterocycles. The highest BCUT2D eigenvalue weighted by molar-refractivity contribution is 6.30. The van der Waals surface area contributed by atoms with Gasteiger partial charge in [0.2, 0.25) is 0 Å². The van der Waals surface area contributed by atoms with Crippen LogP contribution in [0.5, 0.6) is 0 Å². The van der Waals surface area contributed by atoms with Crippen LogP contribution >= 0.6 is 11.6 Å². The van der Waals surface area contributed by atoms with Crippen molar-refractivity contribution in [3.05, 3.63) is 34.9 Å². The molecule has 92 valence electrons. The van der Waals surface area contributed by atoms with Crippen molar-refractivity contribution >= 4 is 23.6 Å². The minimum atomic E-state index is -0.683. The predicted octanol–water partition coefficient (Wildman–Crippen LogP) is 1.09. The van der Waals surface area contributed by atoms with Crippen LogP contribution in [0.15, 0.2) is 24.3 Å². The number of halogens is 1. The monoisotopic (exact) mass is 256 g/mol. The average molecular weight is 257 g/mol. The minimum Gasteiger partial charge on any atom is -0.439 e. The molecule has 0 radical (unpaired) electrons. The number of hydrogen-bond acceptors (Lipinski definition) is 3. The molecule has 0 heterocycles. The zero-order valence-corrected chi connectivity index (χ0v) is 9.87. The highest BCUT2D eigenvalue weighted by Gasteiger charge is 2.03. The van der Waals surface area contributed by atoms with Gasteiger partial charge in [-0.25, -0.2) is 4.79 Å². The summed E-state index contributed by atoms with van der Waals surface area (Å²) in [5.74, 6) is -0.683. The topological polar surface area (TPSA) is 81.4 Å². The molecule has 0 unspecified atom stereocenters. The third-order valence-electron chi connectivity index (χ3n) is 1.94. The lowest BCUT2D eigenvalue weighted by Crippen LogP contribution is -2.30. The lowest BCUT2D eigenvalue weighted by molar-refractivity contribution is -0.120. The molecule has 0 spiro atoms. The number of nitrogens with one attached hydrogen (secondary N) is 1. The van der Waals surface area contributed by atoms with E-state index in [1.54, 1.807) is 12.1 Å². The smallest absolute Gasteiger partial charge is 0.407 e. The quantitative estimate of drug-likeness (QED) is 0.828. The van der Waals surface area contributed by atoms with Gasteiger partial charge in [0.15, 0.2) is 6.61 Å². The average Bonchev–Trinajstić information content (AvgIpc) is 2.29. The van der Waals surface area contributed by atoms with E-state index in [9.17, 15) is 9.59 Å². The number of nitrogens with two attached hydrogens (primary N) is 1. The first kappa shape index (κ1) is 13.3. The van der Waals surface area contributed by atoms with Crippen LogP contribution in [0.1, 0.15) is 5.56 Å². The van der Waals surface area contributed by atoms with Gasteiger partial charge >= 0.3 is 6.09 Å². The second kappa shape index (κ2) is 6.75. The van der Waals surface area contributed by atoms with E-state index in [0.29, 0.717) is 18.0 Å². The molecule has 0 bridgehead atoms. The van der Waals surface area contributed by atoms with Crippen LogP contribution in [0, 0.1) is 0 Å². The number of benzene rings is 1. The van der Waals surface area contributed by atoms with Crippen LogP contribution in [-0.4, -0.2) is 25.2 Å². The van der Waals surface area contributed by atoms with Gasteiger partial charge in [0.25, 0.3) is 5.91 Å². The first-order chi connectivity index (χ1) is 8.08. The van der Waals surface area contributed by atoms with Gasteiger partial charge in [0.1, 0.15) is 0 Å². The summed E-state index contributed by atoms with van der Waals surface area (Å²) < 4.78 is 4.51. The summed E-state index contributed by atoms with van der Waals surface area (Å²) >= 11 is 5.73. The predicted molar refractivity (Wildman–Crippen MR) is 63.7 cm³/mol. The van der Waals surface area contributed by atoms with E-state index in [1.807, 2.05) is 12.1 Å². The van der Waals surface area contributed by atoms with E-state index in [0.717, 1.165) is 5.56 Å². The van der Waals surface area contributed by atoms with Crippen molar-refractivity contribution < 1.29 is 14.3 Å². The van der Waals surface area contributed by atoms with E-state index < -0.39 is 18.6 Å². The fraction of sp³-hybridized carbons (Fsp3) is 0.273. The number of primary amides is 1.